The van der Waals surface area contributed by atoms with E-state index >= 15 is 0 Å². The van der Waals surface area contributed by atoms with Crippen LogP contribution in [0, 0.1) is 0 Å². The van der Waals surface area contributed by atoms with E-state index in [0.717, 1.165) is 19.4 Å². The number of nitrogens with zero attached hydrogens (tertiary/aromatic N) is 2. The van der Waals surface area contributed by atoms with Crippen LogP contribution in [-0.4, -0.2) is 46.0 Å². The van der Waals surface area contributed by atoms with Crippen molar-refractivity contribution in [3.8, 4) is 10.7 Å². The molecule has 0 aromatic carbocycles. The lowest BCUT2D eigenvalue weighted by Gasteiger charge is -2.32. The maximum atomic E-state index is 12.3. The van der Waals surface area contributed by atoms with E-state index in [1.165, 1.54) is 18.3 Å². The van der Waals surface area contributed by atoms with Crippen LogP contribution in [0.4, 0.5) is 0 Å². The quantitative estimate of drug-likeness (QED) is 0.863. The Bertz CT molecular complexity index is 778. The summed E-state index contributed by atoms with van der Waals surface area (Å²) in [4.78, 5) is 40.1. The molecule has 9 heteroatoms. The lowest BCUT2D eigenvalue weighted by molar-refractivity contribution is -0.130. The van der Waals surface area contributed by atoms with E-state index in [0.29, 0.717) is 22.1 Å². The Hall–Kier alpha value is -2.42. The summed E-state index contributed by atoms with van der Waals surface area (Å²) in [5, 5.41) is 6.55. The number of H-pyrrole nitrogens is 1. The van der Waals surface area contributed by atoms with Crippen molar-refractivity contribution in [3.63, 3.8) is 0 Å². The fourth-order valence-electron chi connectivity index (χ4n) is 2.56. The van der Waals surface area contributed by atoms with E-state index in [-0.39, 0.29) is 17.9 Å². The zero-order valence-electron chi connectivity index (χ0n) is 12.5. The Morgan fingerprint density at radius 3 is 3.00 bits per heavy atom. The maximum Gasteiger partial charge on any atom is 0.439 e. The van der Waals surface area contributed by atoms with Gasteiger partial charge in [0.2, 0.25) is 5.91 Å². The SMILES string of the molecule is CC(=O)N1CCC[C@@H](NC(=O)c2ccc(-c3noc(=O)[nH]3)s2)C1. The van der Waals surface area contributed by atoms with Crippen LogP contribution >= 0.6 is 11.3 Å². The van der Waals surface area contributed by atoms with Gasteiger partial charge in [-0.15, -0.1) is 11.3 Å². The molecule has 0 radical (unpaired) electrons. The first-order valence-corrected chi connectivity index (χ1v) is 8.07. The van der Waals surface area contributed by atoms with Gasteiger partial charge in [-0.2, -0.15) is 0 Å². The van der Waals surface area contributed by atoms with Crippen molar-refractivity contribution >= 4 is 23.2 Å². The van der Waals surface area contributed by atoms with Gasteiger partial charge in [0.1, 0.15) is 0 Å². The van der Waals surface area contributed by atoms with Crippen molar-refractivity contribution < 1.29 is 14.1 Å². The van der Waals surface area contributed by atoms with Crippen LogP contribution in [0.25, 0.3) is 10.7 Å². The Balaban J connectivity index is 1.66. The summed E-state index contributed by atoms with van der Waals surface area (Å²) in [7, 11) is 0. The Labute approximate surface area is 135 Å². The molecule has 1 atom stereocenters. The first-order chi connectivity index (χ1) is 11.0. The van der Waals surface area contributed by atoms with Crippen molar-refractivity contribution in [1.29, 1.82) is 0 Å². The van der Waals surface area contributed by atoms with Crippen LogP contribution in [0.2, 0.25) is 0 Å². The third kappa shape index (κ3) is 3.50. The fourth-order valence-corrected chi connectivity index (χ4v) is 3.41. The zero-order chi connectivity index (χ0) is 16.4. The molecule has 2 amide bonds. The molecule has 0 saturated carbocycles. The minimum atomic E-state index is -0.633. The minimum Gasteiger partial charge on any atom is -0.347 e. The van der Waals surface area contributed by atoms with Gasteiger partial charge in [0.05, 0.1) is 9.75 Å². The third-order valence-electron chi connectivity index (χ3n) is 3.71. The van der Waals surface area contributed by atoms with Crippen molar-refractivity contribution in [1.82, 2.24) is 20.4 Å². The van der Waals surface area contributed by atoms with E-state index in [1.807, 2.05) is 0 Å². The first kappa shape index (κ1) is 15.5. The second-order valence-corrected chi connectivity index (χ2v) is 6.47. The lowest BCUT2D eigenvalue weighted by Crippen LogP contribution is -2.48. The number of carbonyl (C=O) groups excluding carboxylic acids is 2. The van der Waals surface area contributed by atoms with Crippen LogP contribution in [-0.2, 0) is 4.79 Å². The van der Waals surface area contributed by atoms with Gasteiger partial charge in [-0.05, 0) is 25.0 Å². The van der Waals surface area contributed by atoms with Gasteiger partial charge in [-0.25, -0.2) is 4.79 Å². The molecule has 2 N–H and O–H groups in total. The van der Waals surface area contributed by atoms with E-state index in [1.54, 1.807) is 17.0 Å². The summed E-state index contributed by atoms with van der Waals surface area (Å²) < 4.78 is 4.45. The second-order valence-electron chi connectivity index (χ2n) is 5.39. The van der Waals surface area contributed by atoms with Crippen LogP contribution in [0.3, 0.4) is 0 Å². The van der Waals surface area contributed by atoms with Gasteiger partial charge in [0, 0.05) is 26.1 Å². The number of aromatic amines is 1. The molecular weight excluding hydrogens is 320 g/mol. The summed E-state index contributed by atoms with van der Waals surface area (Å²) in [6.45, 7) is 2.81. The largest absolute Gasteiger partial charge is 0.439 e. The average Bonchev–Trinajstić information content (AvgIpc) is 3.16. The number of aromatic nitrogens is 2. The number of thiophene rings is 1. The maximum absolute atomic E-state index is 12.3. The molecule has 3 rings (SSSR count). The number of nitrogens with one attached hydrogen (secondary N) is 2. The number of rotatable bonds is 3. The lowest BCUT2D eigenvalue weighted by atomic mass is 10.1. The highest BCUT2D eigenvalue weighted by molar-refractivity contribution is 7.17. The molecule has 1 aliphatic rings. The smallest absolute Gasteiger partial charge is 0.347 e. The highest BCUT2D eigenvalue weighted by atomic mass is 32.1. The molecule has 8 nitrogen and oxygen atoms in total. The number of carbonyl (C=O) groups is 2. The van der Waals surface area contributed by atoms with Gasteiger partial charge >= 0.3 is 5.76 Å². The molecule has 0 spiro atoms. The second kappa shape index (κ2) is 6.37. The predicted octanol–water partition coefficient (Wildman–Crippen LogP) is 0.832. The molecule has 2 aromatic heterocycles. The molecule has 0 aliphatic carbocycles. The molecular formula is C14H16N4O4S. The summed E-state index contributed by atoms with van der Waals surface area (Å²) in [5.41, 5.74) is 0. The number of amides is 2. The van der Waals surface area contributed by atoms with Gasteiger partial charge in [-0.3, -0.25) is 19.1 Å². The molecule has 3 heterocycles. The first-order valence-electron chi connectivity index (χ1n) is 7.25. The molecule has 0 unspecified atom stereocenters. The average molecular weight is 336 g/mol. The molecule has 2 aromatic rings. The van der Waals surface area contributed by atoms with Crippen molar-refractivity contribution in [2.75, 3.05) is 13.1 Å². The summed E-state index contributed by atoms with van der Waals surface area (Å²) >= 11 is 1.22. The third-order valence-corrected chi connectivity index (χ3v) is 4.80. The standard InChI is InChI=1S/C14H16N4O4S/c1-8(19)18-6-2-3-9(7-18)15-13(20)11-5-4-10(23-11)12-16-14(21)22-17-12/h4-5,9H,2-3,6-7H2,1H3,(H,15,20)(H,16,17,21)/t9-/m1/s1. The molecule has 0 bridgehead atoms. The van der Waals surface area contributed by atoms with Crippen molar-refractivity contribution in [2.24, 2.45) is 0 Å². The summed E-state index contributed by atoms with van der Waals surface area (Å²) in [6.07, 6.45) is 1.73. The van der Waals surface area contributed by atoms with Gasteiger partial charge in [0.15, 0.2) is 5.82 Å². The Kier molecular flexibility index (Phi) is 4.28. The van der Waals surface area contributed by atoms with Crippen molar-refractivity contribution in [2.45, 2.75) is 25.8 Å². The van der Waals surface area contributed by atoms with Crippen LogP contribution in [0.15, 0.2) is 21.5 Å². The zero-order valence-corrected chi connectivity index (χ0v) is 13.3. The number of likely N-dealkylation sites (tertiary alicyclic amines) is 1. The highest BCUT2D eigenvalue weighted by Gasteiger charge is 2.24. The van der Waals surface area contributed by atoms with E-state index in [2.05, 4.69) is 20.0 Å². The van der Waals surface area contributed by atoms with Crippen molar-refractivity contribution in [3.05, 3.63) is 27.6 Å². The molecule has 23 heavy (non-hydrogen) atoms. The van der Waals surface area contributed by atoms with Crippen LogP contribution in [0.1, 0.15) is 29.4 Å². The fraction of sp³-hybridized carbons (Fsp3) is 0.429. The Morgan fingerprint density at radius 1 is 1.48 bits per heavy atom. The molecule has 1 fully saturated rings. The van der Waals surface area contributed by atoms with Gasteiger partial charge in [-0.1, -0.05) is 5.16 Å². The molecule has 122 valence electrons. The predicted molar refractivity (Wildman–Crippen MR) is 83.2 cm³/mol. The van der Waals surface area contributed by atoms with E-state index < -0.39 is 5.76 Å². The highest BCUT2D eigenvalue weighted by Crippen LogP contribution is 2.25. The summed E-state index contributed by atoms with van der Waals surface area (Å²) in [5.74, 6) is -0.495. The van der Waals surface area contributed by atoms with Gasteiger partial charge < -0.3 is 10.2 Å². The molecule has 1 aliphatic heterocycles. The van der Waals surface area contributed by atoms with Crippen LogP contribution < -0.4 is 11.1 Å². The minimum absolute atomic E-state index is 0.0253. The number of hydrogen-bond donors (Lipinski definition) is 2. The topological polar surface area (TPSA) is 108 Å². The normalized spacial score (nSPS) is 18.0. The van der Waals surface area contributed by atoms with Gasteiger partial charge in [0.25, 0.3) is 5.91 Å². The monoisotopic (exact) mass is 336 g/mol. The van der Waals surface area contributed by atoms with E-state index in [4.69, 9.17) is 0 Å². The number of piperidine rings is 1. The summed E-state index contributed by atoms with van der Waals surface area (Å²) in [6, 6.07) is 3.34. The Morgan fingerprint density at radius 2 is 2.30 bits per heavy atom. The van der Waals surface area contributed by atoms with E-state index in [9.17, 15) is 14.4 Å². The van der Waals surface area contributed by atoms with Crippen LogP contribution in [0.5, 0.6) is 0 Å². The molecule has 1 saturated heterocycles. The number of hydrogen-bond acceptors (Lipinski definition) is 6.